The molecule has 0 atom stereocenters. The molecule has 0 amide bonds. The SMILES string of the molecule is CCC(CC)(CO)CNc1ncc(Br)cc1Cl. The van der Waals surface area contributed by atoms with Crippen molar-refractivity contribution in [3.63, 3.8) is 0 Å². The second-order valence-electron chi connectivity index (χ2n) is 4.20. The molecule has 0 unspecified atom stereocenters. The minimum Gasteiger partial charge on any atom is -0.396 e. The van der Waals surface area contributed by atoms with Crippen LogP contribution in [0.5, 0.6) is 0 Å². The van der Waals surface area contributed by atoms with Crippen LogP contribution in [0, 0.1) is 5.41 Å². The largest absolute Gasteiger partial charge is 0.396 e. The van der Waals surface area contributed by atoms with Gasteiger partial charge < -0.3 is 10.4 Å². The summed E-state index contributed by atoms with van der Waals surface area (Å²) in [4.78, 5) is 4.21. The third-order valence-corrected chi connectivity index (χ3v) is 4.00. The van der Waals surface area contributed by atoms with E-state index in [-0.39, 0.29) is 12.0 Å². The first-order valence-electron chi connectivity index (χ1n) is 5.72. The van der Waals surface area contributed by atoms with Gasteiger partial charge >= 0.3 is 0 Å². The average Bonchev–Trinajstić information content (AvgIpc) is 2.33. The van der Waals surface area contributed by atoms with Crippen LogP contribution in [0.15, 0.2) is 16.7 Å². The lowest BCUT2D eigenvalue weighted by molar-refractivity contribution is 0.127. The highest BCUT2D eigenvalue weighted by Gasteiger charge is 2.25. The Balaban J connectivity index is 2.72. The van der Waals surface area contributed by atoms with Crippen molar-refractivity contribution in [2.24, 2.45) is 5.41 Å². The molecule has 1 aromatic heterocycles. The first-order chi connectivity index (χ1) is 8.06. The Bertz CT molecular complexity index is 361. The Kier molecular flexibility index (Phi) is 5.70. The molecule has 0 spiro atoms. The molecule has 0 saturated heterocycles. The van der Waals surface area contributed by atoms with Crippen molar-refractivity contribution in [1.82, 2.24) is 4.98 Å². The van der Waals surface area contributed by atoms with Crippen LogP contribution in [0.3, 0.4) is 0 Å². The van der Waals surface area contributed by atoms with Crippen LogP contribution in [0.2, 0.25) is 5.02 Å². The van der Waals surface area contributed by atoms with Gasteiger partial charge in [0.25, 0.3) is 0 Å². The van der Waals surface area contributed by atoms with Crippen LogP contribution in [-0.2, 0) is 0 Å². The lowest BCUT2D eigenvalue weighted by Gasteiger charge is -2.29. The second kappa shape index (κ2) is 6.57. The molecule has 1 heterocycles. The van der Waals surface area contributed by atoms with Crippen LogP contribution in [0.1, 0.15) is 26.7 Å². The summed E-state index contributed by atoms with van der Waals surface area (Å²) >= 11 is 9.38. The van der Waals surface area contributed by atoms with Gasteiger partial charge in [0.1, 0.15) is 5.82 Å². The Morgan fingerprint density at radius 2 is 2.12 bits per heavy atom. The fraction of sp³-hybridized carbons (Fsp3) is 0.583. The highest BCUT2D eigenvalue weighted by molar-refractivity contribution is 9.10. The first-order valence-corrected chi connectivity index (χ1v) is 6.89. The maximum absolute atomic E-state index is 9.47. The summed E-state index contributed by atoms with van der Waals surface area (Å²) in [6, 6.07) is 1.80. The predicted molar refractivity (Wildman–Crippen MR) is 75.5 cm³/mol. The van der Waals surface area contributed by atoms with Gasteiger partial charge in [-0.2, -0.15) is 0 Å². The molecular weight excluding hydrogens is 304 g/mol. The number of aliphatic hydroxyl groups is 1. The fourth-order valence-electron chi connectivity index (χ4n) is 1.60. The first kappa shape index (κ1) is 14.7. The van der Waals surface area contributed by atoms with Gasteiger partial charge in [-0.3, -0.25) is 0 Å². The van der Waals surface area contributed by atoms with Gasteiger partial charge in [-0.1, -0.05) is 25.4 Å². The number of aliphatic hydroxyl groups excluding tert-OH is 1. The minimum atomic E-state index is -0.0991. The monoisotopic (exact) mass is 320 g/mol. The predicted octanol–water partition coefficient (Wildman–Crippen LogP) is 3.71. The van der Waals surface area contributed by atoms with E-state index in [1.165, 1.54) is 0 Å². The molecule has 0 radical (unpaired) electrons. The van der Waals surface area contributed by atoms with Crippen molar-refractivity contribution < 1.29 is 5.11 Å². The van der Waals surface area contributed by atoms with E-state index in [4.69, 9.17) is 11.6 Å². The number of hydrogen-bond acceptors (Lipinski definition) is 3. The number of rotatable bonds is 6. The van der Waals surface area contributed by atoms with Gasteiger partial charge in [0, 0.05) is 22.6 Å². The molecule has 0 aliphatic heterocycles. The molecule has 17 heavy (non-hydrogen) atoms. The van der Waals surface area contributed by atoms with Gasteiger partial charge in [0.15, 0.2) is 0 Å². The van der Waals surface area contributed by atoms with Crippen LogP contribution in [-0.4, -0.2) is 23.2 Å². The van der Waals surface area contributed by atoms with E-state index in [1.807, 2.05) is 0 Å². The Hall–Kier alpha value is -0.320. The summed E-state index contributed by atoms with van der Waals surface area (Å²) in [7, 11) is 0. The van der Waals surface area contributed by atoms with Gasteiger partial charge in [-0.05, 0) is 34.8 Å². The molecule has 1 aromatic rings. The minimum absolute atomic E-state index is 0.0991. The fourth-order valence-corrected chi connectivity index (χ4v) is 2.29. The Morgan fingerprint density at radius 1 is 1.47 bits per heavy atom. The molecule has 0 saturated carbocycles. The molecule has 5 heteroatoms. The normalized spacial score (nSPS) is 11.6. The number of nitrogens with zero attached hydrogens (tertiary/aromatic N) is 1. The zero-order chi connectivity index (χ0) is 12.9. The van der Waals surface area contributed by atoms with Crippen molar-refractivity contribution in [3.05, 3.63) is 21.8 Å². The average molecular weight is 322 g/mol. The van der Waals surface area contributed by atoms with Gasteiger partial charge in [-0.15, -0.1) is 0 Å². The van der Waals surface area contributed by atoms with E-state index in [2.05, 4.69) is 40.1 Å². The van der Waals surface area contributed by atoms with Gasteiger partial charge in [0.2, 0.25) is 0 Å². The number of nitrogens with one attached hydrogen (secondary N) is 1. The summed E-state index contributed by atoms with van der Waals surface area (Å²) < 4.78 is 0.854. The summed E-state index contributed by atoms with van der Waals surface area (Å²) in [6.45, 7) is 5.00. The van der Waals surface area contributed by atoms with Gasteiger partial charge in [0.05, 0.1) is 11.6 Å². The maximum Gasteiger partial charge on any atom is 0.144 e. The topological polar surface area (TPSA) is 45.1 Å². The zero-order valence-electron chi connectivity index (χ0n) is 10.1. The molecule has 96 valence electrons. The summed E-state index contributed by atoms with van der Waals surface area (Å²) in [5, 5.41) is 13.3. The standard InChI is InChI=1S/C12H18BrClN2O/c1-3-12(4-2,8-17)7-16-11-10(14)5-9(13)6-15-11/h5-6,17H,3-4,7-8H2,1-2H3,(H,15,16). The molecule has 0 aliphatic rings. The van der Waals surface area contributed by atoms with Crippen LogP contribution in [0.25, 0.3) is 0 Å². The molecule has 2 N–H and O–H groups in total. The molecular formula is C12H18BrClN2O. The number of anilines is 1. The summed E-state index contributed by atoms with van der Waals surface area (Å²) in [5.41, 5.74) is -0.0991. The van der Waals surface area contributed by atoms with Crippen molar-refractivity contribution in [1.29, 1.82) is 0 Å². The number of aromatic nitrogens is 1. The Morgan fingerprint density at radius 3 is 2.59 bits per heavy atom. The number of hydrogen-bond donors (Lipinski definition) is 2. The van der Waals surface area contributed by atoms with Crippen molar-refractivity contribution in [2.75, 3.05) is 18.5 Å². The second-order valence-corrected chi connectivity index (χ2v) is 5.53. The van der Waals surface area contributed by atoms with E-state index in [0.717, 1.165) is 17.3 Å². The lowest BCUT2D eigenvalue weighted by atomic mass is 9.83. The van der Waals surface area contributed by atoms with Gasteiger partial charge in [-0.25, -0.2) is 4.98 Å². The van der Waals surface area contributed by atoms with E-state index < -0.39 is 0 Å². The van der Waals surface area contributed by atoms with E-state index in [9.17, 15) is 5.11 Å². The molecule has 1 rings (SSSR count). The van der Waals surface area contributed by atoms with Crippen molar-refractivity contribution >= 4 is 33.3 Å². The summed E-state index contributed by atoms with van der Waals surface area (Å²) in [5.74, 6) is 0.662. The number of pyridine rings is 1. The molecule has 0 fully saturated rings. The molecule has 0 aliphatic carbocycles. The third-order valence-electron chi connectivity index (χ3n) is 3.27. The quantitative estimate of drug-likeness (QED) is 0.839. The molecule has 3 nitrogen and oxygen atoms in total. The van der Waals surface area contributed by atoms with E-state index >= 15 is 0 Å². The van der Waals surface area contributed by atoms with Crippen LogP contribution in [0.4, 0.5) is 5.82 Å². The zero-order valence-corrected chi connectivity index (χ0v) is 12.5. The lowest BCUT2D eigenvalue weighted by Crippen LogP contribution is -2.32. The van der Waals surface area contributed by atoms with Crippen molar-refractivity contribution in [3.8, 4) is 0 Å². The van der Waals surface area contributed by atoms with Crippen LogP contribution < -0.4 is 5.32 Å². The third kappa shape index (κ3) is 3.83. The highest BCUT2D eigenvalue weighted by atomic mass is 79.9. The number of halogens is 2. The summed E-state index contributed by atoms with van der Waals surface area (Å²) in [6.07, 6.45) is 3.54. The van der Waals surface area contributed by atoms with E-state index in [1.54, 1.807) is 12.3 Å². The van der Waals surface area contributed by atoms with E-state index in [0.29, 0.717) is 17.4 Å². The molecule has 0 aromatic carbocycles. The van der Waals surface area contributed by atoms with Crippen molar-refractivity contribution in [2.45, 2.75) is 26.7 Å². The Labute approximate surface area is 116 Å². The smallest absolute Gasteiger partial charge is 0.144 e. The molecule has 0 bridgehead atoms. The highest BCUT2D eigenvalue weighted by Crippen LogP contribution is 2.28. The van der Waals surface area contributed by atoms with Crippen LogP contribution >= 0.6 is 27.5 Å². The maximum atomic E-state index is 9.47.